The summed E-state index contributed by atoms with van der Waals surface area (Å²) in [4.78, 5) is 25.6. The Morgan fingerprint density at radius 2 is 1.84 bits per heavy atom. The number of aryl methyl sites for hydroxylation is 1. The quantitative estimate of drug-likeness (QED) is 0.471. The minimum atomic E-state index is -0.326. The Morgan fingerprint density at radius 1 is 1.10 bits per heavy atom. The van der Waals surface area contributed by atoms with E-state index >= 15 is 0 Å². The van der Waals surface area contributed by atoms with Crippen molar-refractivity contribution in [2.75, 3.05) is 17.7 Å². The largest absolute Gasteiger partial charge is 0.495 e. The van der Waals surface area contributed by atoms with Crippen LogP contribution in [0.5, 0.6) is 5.75 Å². The standard InChI is InChI=1S/C22H19FN4O3S/c1-12-17-11-20(31-22(17)27(26-12)16-7-4-14(23)5-8-16)21(29)25-15-6-9-19(30-3)18(10-15)24-13(2)28/h4-11H,1-3H3,(H,24,28)(H,25,29). The fraction of sp³-hybridized carbons (Fsp3) is 0.136. The number of amides is 2. The van der Waals surface area contributed by atoms with E-state index in [4.69, 9.17) is 4.74 Å². The molecule has 4 rings (SSSR count). The monoisotopic (exact) mass is 438 g/mol. The molecular formula is C22H19FN4O3S. The molecule has 0 aliphatic rings. The molecule has 2 amide bonds. The highest BCUT2D eigenvalue weighted by Crippen LogP contribution is 2.32. The van der Waals surface area contributed by atoms with Crippen molar-refractivity contribution >= 4 is 44.7 Å². The van der Waals surface area contributed by atoms with Crippen LogP contribution in [0.2, 0.25) is 0 Å². The highest BCUT2D eigenvalue weighted by atomic mass is 32.1. The van der Waals surface area contributed by atoms with Crippen LogP contribution in [0.25, 0.3) is 15.9 Å². The number of nitrogens with one attached hydrogen (secondary N) is 2. The number of benzene rings is 2. The Balaban J connectivity index is 1.64. The summed E-state index contributed by atoms with van der Waals surface area (Å²) in [7, 11) is 1.50. The van der Waals surface area contributed by atoms with Crippen molar-refractivity contribution in [2.45, 2.75) is 13.8 Å². The molecule has 158 valence electrons. The second kappa shape index (κ2) is 8.19. The Labute approximate surface area is 181 Å². The van der Waals surface area contributed by atoms with Crippen LogP contribution in [-0.4, -0.2) is 28.7 Å². The summed E-state index contributed by atoms with van der Waals surface area (Å²) in [5.41, 5.74) is 2.46. The number of anilines is 2. The van der Waals surface area contributed by atoms with E-state index in [1.54, 1.807) is 41.1 Å². The van der Waals surface area contributed by atoms with Gasteiger partial charge in [0, 0.05) is 18.0 Å². The number of methoxy groups -OCH3 is 1. The van der Waals surface area contributed by atoms with Gasteiger partial charge in [-0.15, -0.1) is 11.3 Å². The van der Waals surface area contributed by atoms with Gasteiger partial charge in [-0.05, 0) is 55.5 Å². The van der Waals surface area contributed by atoms with E-state index in [1.165, 1.54) is 37.5 Å². The van der Waals surface area contributed by atoms with E-state index < -0.39 is 0 Å². The number of hydrogen-bond acceptors (Lipinski definition) is 5. The Bertz CT molecular complexity index is 1290. The van der Waals surface area contributed by atoms with Crippen molar-refractivity contribution in [2.24, 2.45) is 0 Å². The van der Waals surface area contributed by atoms with Crippen molar-refractivity contribution in [1.82, 2.24) is 9.78 Å². The number of carbonyl (C=O) groups excluding carboxylic acids is 2. The number of aromatic nitrogens is 2. The molecule has 7 nitrogen and oxygen atoms in total. The van der Waals surface area contributed by atoms with E-state index in [-0.39, 0.29) is 17.6 Å². The van der Waals surface area contributed by atoms with Gasteiger partial charge in [0.2, 0.25) is 5.91 Å². The van der Waals surface area contributed by atoms with Gasteiger partial charge in [-0.3, -0.25) is 9.59 Å². The van der Waals surface area contributed by atoms with Crippen molar-refractivity contribution in [3.05, 3.63) is 64.9 Å². The second-order valence-electron chi connectivity index (χ2n) is 6.85. The summed E-state index contributed by atoms with van der Waals surface area (Å²) < 4.78 is 20.2. The average molecular weight is 438 g/mol. The summed E-state index contributed by atoms with van der Waals surface area (Å²) in [5, 5.41) is 10.9. The lowest BCUT2D eigenvalue weighted by Gasteiger charge is -2.11. The minimum Gasteiger partial charge on any atom is -0.495 e. The molecule has 2 heterocycles. The van der Waals surface area contributed by atoms with Crippen LogP contribution in [0, 0.1) is 12.7 Å². The highest BCUT2D eigenvalue weighted by molar-refractivity contribution is 7.20. The fourth-order valence-corrected chi connectivity index (χ4v) is 4.26. The number of rotatable bonds is 5. The molecule has 0 unspecified atom stereocenters. The molecule has 2 aromatic heterocycles. The van der Waals surface area contributed by atoms with Gasteiger partial charge in [0.05, 0.1) is 29.1 Å². The van der Waals surface area contributed by atoms with Crippen LogP contribution in [-0.2, 0) is 4.79 Å². The first kappa shape index (κ1) is 20.5. The van der Waals surface area contributed by atoms with E-state index in [9.17, 15) is 14.0 Å². The Morgan fingerprint density at radius 3 is 2.52 bits per heavy atom. The average Bonchev–Trinajstić information content (AvgIpc) is 3.29. The van der Waals surface area contributed by atoms with E-state index in [2.05, 4.69) is 15.7 Å². The molecule has 2 N–H and O–H groups in total. The zero-order chi connectivity index (χ0) is 22.1. The maximum absolute atomic E-state index is 13.3. The number of thiophene rings is 1. The van der Waals surface area contributed by atoms with Crippen molar-refractivity contribution < 1.29 is 18.7 Å². The lowest BCUT2D eigenvalue weighted by molar-refractivity contribution is -0.114. The molecular weight excluding hydrogens is 419 g/mol. The molecule has 0 aliphatic carbocycles. The van der Waals surface area contributed by atoms with E-state index in [0.717, 1.165) is 15.9 Å². The molecule has 0 radical (unpaired) electrons. The lowest BCUT2D eigenvalue weighted by atomic mass is 10.2. The molecule has 0 fully saturated rings. The van der Waals surface area contributed by atoms with Gasteiger partial charge in [-0.1, -0.05) is 0 Å². The summed E-state index contributed by atoms with van der Waals surface area (Å²) >= 11 is 1.29. The number of carbonyl (C=O) groups is 2. The maximum atomic E-state index is 13.3. The van der Waals surface area contributed by atoms with Gasteiger partial charge < -0.3 is 15.4 Å². The van der Waals surface area contributed by atoms with Gasteiger partial charge in [-0.25, -0.2) is 9.07 Å². The molecule has 4 aromatic rings. The number of fused-ring (bicyclic) bond motifs is 1. The SMILES string of the molecule is COc1ccc(NC(=O)c2cc3c(C)nn(-c4ccc(F)cc4)c3s2)cc1NC(C)=O. The van der Waals surface area contributed by atoms with Gasteiger partial charge in [0.1, 0.15) is 16.4 Å². The molecule has 0 saturated carbocycles. The number of hydrogen-bond donors (Lipinski definition) is 2. The van der Waals surface area contributed by atoms with Crippen molar-refractivity contribution in [1.29, 1.82) is 0 Å². The van der Waals surface area contributed by atoms with Crippen LogP contribution < -0.4 is 15.4 Å². The third kappa shape index (κ3) is 4.13. The smallest absolute Gasteiger partial charge is 0.265 e. The molecule has 2 aromatic carbocycles. The number of halogens is 1. The van der Waals surface area contributed by atoms with Crippen LogP contribution in [0.15, 0.2) is 48.5 Å². The lowest BCUT2D eigenvalue weighted by Crippen LogP contribution is -2.12. The van der Waals surface area contributed by atoms with E-state index in [1.807, 2.05) is 6.92 Å². The molecule has 0 atom stereocenters. The minimum absolute atomic E-state index is 0.243. The normalized spacial score (nSPS) is 10.8. The van der Waals surface area contributed by atoms with Crippen LogP contribution in [0.3, 0.4) is 0 Å². The first-order valence-electron chi connectivity index (χ1n) is 9.38. The molecule has 0 aliphatic heterocycles. The van der Waals surface area contributed by atoms with Crippen LogP contribution in [0.4, 0.5) is 15.8 Å². The first-order chi connectivity index (χ1) is 14.9. The molecule has 0 saturated heterocycles. The molecule has 9 heteroatoms. The second-order valence-corrected chi connectivity index (χ2v) is 7.88. The predicted molar refractivity (Wildman–Crippen MR) is 119 cm³/mol. The topological polar surface area (TPSA) is 85.2 Å². The highest BCUT2D eigenvalue weighted by Gasteiger charge is 2.18. The van der Waals surface area contributed by atoms with Crippen molar-refractivity contribution in [3.63, 3.8) is 0 Å². The third-order valence-electron chi connectivity index (χ3n) is 4.61. The van der Waals surface area contributed by atoms with Crippen LogP contribution >= 0.6 is 11.3 Å². The van der Waals surface area contributed by atoms with Gasteiger partial charge >= 0.3 is 0 Å². The first-order valence-corrected chi connectivity index (χ1v) is 10.2. The van der Waals surface area contributed by atoms with Gasteiger partial charge in [-0.2, -0.15) is 5.10 Å². The zero-order valence-electron chi connectivity index (χ0n) is 17.0. The Kier molecular flexibility index (Phi) is 5.43. The summed E-state index contributed by atoms with van der Waals surface area (Å²) in [6.45, 7) is 3.26. The van der Waals surface area contributed by atoms with Gasteiger partial charge in [0.25, 0.3) is 5.91 Å². The fourth-order valence-electron chi connectivity index (χ4n) is 3.18. The Hall–Kier alpha value is -3.72. The summed E-state index contributed by atoms with van der Waals surface area (Å²) in [6, 6.07) is 12.8. The van der Waals surface area contributed by atoms with Crippen molar-refractivity contribution in [3.8, 4) is 11.4 Å². The molecule has 0 spiro atoms. The third-order valence-corrected chi connectivity index (χ3v) is 5.72. The summed E-state index contributed by atoms with van der Waals surface area (Å²) in [6.07, 6.45) is 0. The molecule has 31 heavy (non-hydrogen) atoms. The van der Waals surface area contributed by atoms with E-state index in [0.29, 0.717) is 27.7 Å². The van der Waals surface area contributed by atoms with Crippen LogP contribution in [0.1, 0.15) is 22.3 Å². The summed E-state index contributed by atoms with van der Waals surface area (Å²) in [5.74, 6) is -0.365. The predicted octanol–water partition coefficient (Wildman–Crippen LogP) is 4.75. The maximum Gasteiger partial charge on any atom is 0.265 e. The number of nitrogens with zero attached hydrogens (tertiary/aromatic N) is 2. The molecule has 0 bridgehead atoms. The number of ether oxygens (including phenoxy) is 1. The van der Waals surface area contributed by atoms with Gasteiger partial charge in [0.15, 0.2) is 0 Å². The zero-order valence-corrected chi connectivity index (χ0v) is 17.8.